The molecule has 10 heavy (non-hydrogen) atoms. The summed E-state index contributed by atoms with van der Waals surface area (Å²) in [5, 5.41) is 16.8. The molecule has 60 valence electrons. The fourth-order valence-corrected chi connectivity index (χ4v) is 0.474. The molecule has 2 atom stereocenters. The minimum absolute atomic E-state index is 0.201. The topological polar surface area (TPSA) is 110 Å². The number of hydrogen-bond acceptors (Lipinski definition) is 4. The van der Waals surface area contributed by atoms with E-state index < -0.39 is 18.2 Å². The normalized spacial score (nSPS) is 16.3. The number of carboxylic acid groups (broad SMARTS) is 1. The molecule has 0 fully saturated rings. The smallest absolute Gasteiger partial charge is 0.320 e. The summed E-state index contributed by atoms with van der Waals surface area (Å²) in [6.45, 7) is 0. The van der Waals surface area contributed by atoms with Crippen molar-refractivity contribution in [2.45, 2.75) is 25.1 Å². The van der Waals surface area contributed by atoms with Crippen molar-refractivity contribution in [3.8, 4) is 0 Å². The number of nitrogens with two attached hydrogens (primary N) is 2. The van der Waals surface area contributed by atoms with Crippen LogP contribution in [0.1, 0.15) is 12.8 Å². The van der Waals surface area contributed by atoms with Crippen LogP contribution in [0, 0.1) is 0 Å². The minimum atomic E-state index is -1.07. The van der Waals surface area contributed by atoms with Crippen molar-refractivity contribution in [1.82, 2.24) is 0 Å². The second-order valence-electron chi connectivity index (χ2n) is 2.09. The van der Waals surface area contributed by atoms with Gasteiger partial charge >= 0.3 is 5.97 Å². The third kappa shape index (κ3) is 4.25. The molecule has 0 aromatic carbocycles. The van der Waals surface area contributed by atoms with Crippen molar-refractivity contribution >= 4 is 5.97 Å². The zero-order valence-electron chi connectivity index (χ0n) is 5.53. The first-order valence-corrected chi connectivity index (χ1v) is 2.96. The number of carboxylic acids is 1. The van der Waals surface area contributed by atoms with E-state index in [4.69, 9.17) is 21.7 Å². The fraction of sp³-hybridized carbons (Fsp3) is 0.800. The van der Waals surface area contributed by atoms with E-state index in [1.54, 1.807) is 0 Å². The molecule has 0 rings (SSSR count). The fourth-order valence-electron chi connectivity index (χ4n) is 0.474. The third-order valence-corrected chi connectivity index (χ3v) is 1.09. The van der Waals surface area contributed by atoms with E-state index in [9.17, 15) is 4.79 Å². The average molecular weight is 148 g/mol. The van der Waals surface area contributed by atoms with E-state index in [1.807, 2.05) is 0 Å². The van der Waals surface area contributed by atoms with E-state index >= 15 is 0 Å². The van der Waals surface area contributed by atoms with Crippen LogP contribution in [0.15, 0.2) is 0 Å². The zero-order chi connectivity index (χ0) is 8.15. The predicted octanol–water partition coefficient (Wildman–Crippen LogP) is -1.54. The van der Waals surface area contributed by atoms with E-state index in [1.165, 1.54) is 0 Å². The molecule has 0 saturated carbocycles. The summed E-state index contributed by atoms with van der Waals surface area (Å²) in [6.07, 6.45) is -0.550. The van der Waals surface area contributed by atoms with Gasteiger partial charge in [-0.05, 0) is 12.8 Å². The highest BCUT2D eigenvalue weighted by molar-refractivity contribution is 5.72. The Morgan fingerprint density at radius 2 is 1.90 bits per heavy atom. The lowest BCUT2D eigenvalue weighted by atomic mass is 10.1. The third-order valence-electron chi connectivity index (χ3n) is 1.09. The van der Waals surface area contributed by atoms with Crippen LogP contribution in [0.5, 0.6) is 0 Å². The largest absolute Gasteiger partial charge is 0.480 e. The second kappa shape index (κ2) is 4.21. The summed E-state index contributed by atoms with van der Waals surface area (Å²) in [5.74, 6) is -1.07. The first-order valence-electron chi connectivity index (χ1n) is 2.96. The maximum Gasteiger partial charge on any atom is 0.320 e. The molecule has 0 aliphatic rings. The van der Waals surface area contributed by atoms with Gasteiger partial charge in [-0.15, -0.1) is 0 Å². The molecule has 0 aliphatic heterocycles. The molecule has 0 radical (unpaired) electrons. The SMILES string of the molecule is N[C@H](O)CC[C@H](N)C(=O)O. The van der Waals surface area contributed by atoms with Crippen LogP contribution < -0.4 is 11.5 Å². The molecule has 0 aliphatic carbocycles. The summed E-state index contributed by atoms with van der Waals surface area (Å²) >= 11 is 0. The Hall–Kier alpha value is -0.650. The van der Waals surface area contributed by atoms with E-state index in [-0.39, 0.29) is 12.8 Å². The number of hydrogen-bond donors (Lipinski definition) is 4. The van der Waals surface area contributed by atoms with Gasteiger partial charge in [0.15, 0.2) is 0 Å². The lowest BCUT2D eigenvalue weighted by molar-refractivity contribution is -0.138. The summed E-state index contributed by atoms with van der Waals surface area (Å²) in [4.78, 5) is 10.1. The Bertz CT molecular complexity index is 115. The molecule has 5 heteroatoms. The second-order valence-corrected chi connectivity index (χ2v) is 2.09. The molecule has 6 N–H and O–H groups in total. The van der Waals surface area contributed by atoms with Crippen molar-refractivity contribution in [1.29, 1.82) is 0 Å². The summed E-state index contributed by atoms with van der Waals surface area (Å²) < 4.78 is 0. The minimum Gasteiger partial charge on any atom is -0.480 e. The van der Waals surface area contributed by atoms with Gasteiger partial charge in [0.25, 0.3) is 0 Å². The van der Waals surface area contributed by atoms with Crippen molar-refractivity contribution in [3.63, 3.8) is 0 Å². The van der Waals surface area contributed by atoms with Crippen LogP contribution in [0.4, 0.5) is 0 Å². The molecule has 0 bridgehead atoms. The summed E-state index contributed by atoms with van der Waals surface area (Å²) in [7, 11) is 0. The van der Waals surface area contributed by atoms with Crippen LogP contribution in [-0.2, 0) is 4.79 Å². The molecule has 5 nitrogen and oxygen atoms in total. The molecule has 0 saturated heterocycles. The monoisotopic (exact) mass is 148 g/mol. The summed E-state index contributed by atoms with van der Waals surface area (Å²) in [6, 6.07) is -0.918. The van der Waals surface area contributed by atoms with E-state index in [0.717, 1.165) is 0 Å². The summed E-state index contributed by atoms with van der Waals surface area (Å²) in [5.41, 5.74) is 10.0. The highest BCUT2D eigenvalue weighted by atomic mass is 16.4. The van der Waals surface area contributed by atoms with Gasteiger partial charge in [-0.1, -0.05) is 0 Å². The van der Waals surface area contributed by atoms with Gasteiger partial charge in [0.1, 0.15) is 12.3 Å². The standard InChI is InChI=1S/C5H12N2O3/c6-3(5(9)10)1-2-4(7)8/h3-4,8H,1-2,6-7H2,(H,9,10)/t3-,4+/m0/s1. The Labute approximate surface area is 58.6 Å². The molecule has 0 heterocycles. The lowest BCUT2D eigenvalue weighted by Gasteiger charge is -2.06. The Kier molecular flexibility index (Phi) is 3.94. The molecule has 0 aromatic heterocycles. The van der Waals surface area contributed by atoms with Gasteiger partial charge in [0, 0.05) is 0 Å². The van der Waals surface area contributed by atoms with Crippen molar-refractivity contribution in [2.24, 2.45) is 11.5 Å². The van der Waals surface area contributed by atoms with Crippen molar-refractivity contribution < 1.29 is 15.0 Å². The van der Waals surface area contributed by atoms with Crippen molar-refractivity contribution in [2.75, 3.05) is 0 Å². The highest BCUT2D eigenvalue weighted by Crippen LogP contribution is 1.95. The highest BCUT2D eigenvalue weighted by Gasteiger charge is 2.11. The number of carbonyl (C=O) groups is 1. The maximum absolute atomic E-state index is 10.1. The van der Waals surface area contributed by atoms with E-state index in [0.29, 0.717) is 0 Å². The Morgan fingerprint density at radius 3 is 2.20 bits per heavy atom. The number of aliphatic hydroxyl groups excluding tert-OH is 1. The van der Waals surface area contributed by atoms with Gasteiger partial charge in [0.05, 0.1) is 0 Å². The van der Waals surface area contributed by atoms with E-state index in [2.05, 4.69) is 0 Å². The molecule has 0 spiro atoms. The van der Waals surface area contributed by atoms with Crippen LogP contribution in [0.2, 0.25) is 0 Å². The molecule has 0 unspecified atom stereocenters. The van der Waals surface area contributed by atoms with Gasteiger partial charge in [-0.2, -0.15) is 0 Å². The van der Waals surface area contributed by atoms with Gasteiger partial charge in [-0.3, -0.25) is 4.79 Å². The van der Waals surface area contributed by atoms with Crippen LogP contribution in [0.3, 0.4) is 0 Å². The van der Waals surface area contributed by atoms with Gasteiger partial charge < -0.3 is 21.7 Å². The Balaban J connectivity index is 3.40. The lowest BCUT2D eigenvalue weighted by Crippen LogP contribution is -2.32. The molecule has 0 amide bonds. The number of aliphatic hydroxyl groups is 1. The number of aliphatic carboxylic acids is 1. The quantitative estimate of drug-likeness (QED) is 0.361. The van der Waals surface area contributed by atoms with Gasteiger partial charge in [0.2, 0.25) is 0 Å². The molecule has 0 aromatic rings. The van der Waals surface area contributed by atoms with Gasteiger partial charge in [-0.25, -0.2) is 0 Å². The first kappa shape index (κ1) is 9.35. The molecular formula is C5H12N2O3. The zero-order valence-corrected chi connectivity index (χ0v) is 5.53. The van der Waals surface area contributed by atoms with Crippen LogP contribution >= 0.6 is 0 Å². The number of rotatable bonds is 4. The average Bonchev–Trinajstić information content (AvgIpc) is 1.82. The maximum atomic E-state index is 10.1. The van der Waals surface area contributed by atoms with Crippen molar-refractivity contribution in [3.05, 3.63) is 0 Å². The molecular weight excluding hydrogens is 136 g/mol. The van der Waals surface area contributed by atoms with Crippen LogP contribution in [0.25, 0.3) is 0 Å². The van der Waals surface area contributed by atoms with Crippen LogP contribution in [-0.4, -0.2) is 28.5 Å². The predicted molar refractivity (Wildman–Crippen MR) is 35.0 cm³/mol. The first-order chi connectivity index (χ1) is 4.54. The Morgan fingerprint density at radius 1 is 1.40 bits per heavy atom.